The van der Waals surface area contributed by atoms with Crippen molar-refractivity contribution in [1.29, 1.82) is 0 Å². The van der Waals surface area contributed by atoms with Crippen LogP contribution in [0.25, 0.3) is 16.9 Å². The number of nitrogens with zero attached hydrogens (tertiary/aromatic N) is 2. The van der Waals surface area contributed by atoms with Crippen molar-refractivity contribution in [3.63, 3.8) is 0 Å². The molecule has 0 bridgehead atoms. The summed E-state index contributed by atoms with van der Waals surface area (Å²) in [5, 5.41) is 4.74. The van der Waals surface area contributed by atoms with Gasteiger partial charge in [0.05, 0.1) is 25.6 Å². The predicted octanol–water partition coefficient (Wildman–Crippen LogP) is 4.91. The van der Waals surface area contributed by atoms with Gasteiger partial charge < -0.3 is 14.2 Å². The highest BCUT2D eigenvalue weighted by Gasteiger charge is 2.21. The van der Waals surface area contributed by atoms with Crippen LogP contribution in [0, 0.1) is 0 Å². The fourth-order valence-electron chi connectivity index (χ4n) is 3.34. The van der Waals surface area contributed by atoms with E-state index in [-0.39, 0.29) is 12.2 Å². The minimum absolute atomic E-state index is 0.0527. The van der Waals surface area contributed by atoms with Crippen molar-refractivity contribution in [1.82, 2.24) is 9.78 Å². The largest absolute Gasteiger partial charge is 0.496 e. The van der Waals surface area contributed by atoms with Crippen LogP contribution >= 0.6 is 0 Å². The van der Waals surface area contributed by atoms with Crippen molar-refractivity contribution in [3.05, 3.63) is 96.2 Å². The highest BCUT2D eigenvalue weighted by Crippen LogP contribution is 2.30. The summed E-state index contributed by atoms with van der Waals surface area (Å²) in [4.78, 5) is 12.9. The fourth-order valence-corrected chi connectivity index (χ4v) is 3.34. The summed E-state index contributed by atoms with van der Waals surface area (Å²) in [6.07, 6.45) is 1.88. The van der Waals surface area contributed by atoms with E-state index in [4.69, 9.17) is 19.3 Å². The van der Waals surface area contributed by atoms with Crippen molar-refractivity contribution < 1.29 is 19.0 Å². The molecule has 0 unspecified atom stereocenters. The molecule has 0 N–H and O–H groups in total. The van der Waals surface area contributed by atoms with Crippen molar-refractivity contribution >= 4 is 5.97 Å². The molecule has 6 nitrogen and oxygen atoms in total. The van der Waals surface area contributed by atoms with Crippen LogP contribution in [0.2, 0.25) is 0 Å². The van der Waals surface area contributed by atoms with Gasteiger partial charge in [-0.15, -0.1) is 0 Å². The Balaban J connectivity index is 1.66. The Hall–Kier alpha value is -4.06. The first-order chi connectivity index (χ1) is 15.2. The van der Waals surface area contributed by atoms with Gasteiger partial charge in [-0.3, -0.25) is 0 Å². The number of ether oxygens (including phenoxy) is 3. The molecule has 1 aromatic heterocycles. The maximum atomic E-state index is 12.9. The van der Waals surface area contributed by atoms with Gasteiger partial charge in [0, 0.05) is 17.3 Å². The molecule has 0 saturated carbocycles. The number of esters is 1. The van der Waals surface area contributed by atoms with Gasteiger partial charge in [0.15, 0.2) is 0 Å². The Kier molecular flexibility index (Phi) is 5.98. The van der Waals surface area contributed by atoms with Crippen molar-refractivity contribution in [3.8, 4) is 28.4 Å². The molecule has 3 aromatic carbocycles. The fraction of sp³-hybridized carbons (Fsp3) is 0.120. The van der Waals surface area contributed by atoms with Gasteiger partial charge in [0.25, 0.3) is 0 Å². The molecule has 0 spiro atoms. The van der Waals surface area contributed by atoms with Gasteiger partial charge in [-0.1, -0.05) is 54.6 Å². The zero-order chi connectivity index (χ0) is 21.6. The van der Waals surface area contributed by atoms with Crippen LogP contribution in [0.1, 0.15) is 15.9 Å². The molecular formula is C25H22N2O4. The Morgan fingerprint density at radius 3 is 2.06 bits per heavy atom. The minimum atomic E-state index is -0.527. The van der Waals surface area contributed by atoms with Crippen molar-refractivity contribution in [2.75, 3.05) is 14.2 Å². The molecule has 4 aromatic rings. The molecule has 0 amide bonds. The molecule has 0 aliphatic rings. The zero-order valence-electron chi connectivity index (χ0n) is 17.3. The summed E-state index contributed by atoms with van der Waals surface area (Å²) in [5.74, 6) is 0.265. The quantitative estimate of drug-likeness (QED) is 0.402. The van der Waals surface area contributed by atoms with E-state index < -0.39 is 5.97 Å². The second kappa shape index (κ2) is 9.17. The van der Waals surface area contributed by atoms with Crippen LogP contribution in [0.4, 0.5) is 0 Å². The predicted molar refractivity (Wildman–Crippen MR) is 118 cm³/mol. The molecule has 156 valence electrons. The molecule has 4 rings (SSSR count). The molecule has 0 atom stereocenters. The number of hydrogen-bond acceptors (Lipinski definition) is 5. The molecular weight excluding hydrogens is 392 g/mol. The average molecular weight is 414 g/mol. The average Bonchev–Trinajstić information content (AvgIpc) is 3.27. The number of rotatable bonds is 7. The topological polar surface area (TPSA) is 62.6 Å². The van der Waals surface area contributed by atoms with Crippen LogP contribution in [0.15, 0.2) is 85.1 Å². The standard InChI is InChI=1S/C25H22N2O4/c1-29-21-14-9-15-22(30-2)23(21)25(28)31-17-19-16-27(20-12-7-4-8-13-20)26-24(19)18-10-5-3-6-11-18/h3-16H,17H2,1-2H3. The first-order valence-corrected chi connectivity index (χ1v) is 9.78. The van der Waals surface area contributed by atoms with Gasteiger partial charge in [-0.2, -0.15) is 5.10 Å². The monoisotopic (exact) mass is 414 g/mol. The number of methoxy groups -OCH3 is 2. The Labute approximate surface area is 180 Å². The normalized spacial score (nSPS) is 10.5. The van der Waals surface area contributed by atoms with E-state index in [0.717, 1.165) is 22.5 Å². The molecule has 0 radical (unpaired) electrons. The van der Waals surface area contributed by atoms with Gasteiger partial charge >= 0.3 is 5.97 Å². The summed E-state index contributed by atoms with van der Waals surface area (Å²) < 4.78 is 18.1. The molecule has 0 aliphatic carbocycles. The van der Waals surface area contributed by atoms with E-state index >= 15 is 0 Å². The number of para-hydroxylation sites is 1. The first-order valence-electron chi connectivity index (χ1n) is 9.78. The van der Waals surface area contributed by atoms with Crippen molar-refractivity contribution in [2.45, 2.75) is 6.61 Å². The van der Waals surface area contributed by atoms with Gasteiger partial charge in [-0.25, -0.2) is 9.48 Å². The number of carbonyl (C=O) groups excluding carboxylic acids is 1. The van der Waals surface area contributed by atoms with Crippen LogP contribution in [-0.2, 0) is 11.3 Å². The smallest absolute Gasteiger partial charge is 0.346 e. The lowest BCUT2D eigenvalue weighted by Crippen LogP contribution is -2.09. The third kappa shape index (κ3) is 4.28. The van der Waals surface area contributed by atoms with E-state index in [1.165, 1.54) is 14.2 Å². The lowest BCUT2D eigenvalue weighted by molar-refractivity contribution is 0.0466. The van der Waals surface area contributed by atoms with Gasteiger partial charge in [0.2, 0.25) is 0 Å². The summed E-state index contributed by atoms with van der Waals surface area (Å²) in [7, 11) is 3.01. The highest BCUT2D eigenvalue weighted by atomic mass is 16.5. The first kappa shape index (κ1) is 20.2. The maximum Gasteiger partial charge on any atom is 0.346 e. The molecule has 31 heavy (non-hydrogen) atoms. The third-order valence-electron chi connectivity index (χ3n) is 4.85. The van der Waals surface area contributed by atoms with E-state index in [1.807, 2.05) is 66.9 Å². The highest BCUT2D eigenvalue weighted by molar-refractivity contribution is 5.95. The number of carbonyl (C=O) groups is 1. The summed E-state index contributed by atoms with van der Waals surface area (Å²) in [6.45, 7) is 0.0527. The lowest BCUT2D eigenvalue weighted by Gasteiger charge is -2.12. The van der Waals surface area contributed by atoms with E-state index in [9.17, 15) is 4.79 Å². The molecule has 0 fully saturated rings. The second-order valence-electron chi connectivity index (χ2n) is 6.76. The maximum absolute atomic E-state index is 12.9. The number of benzene rings is 3. The number of aromatic nitrogens is 2. The van der Waals surface area contributed by atoms with Gasteiger partial charge in [-0.05, 0) is 24.3 Å². The van der Waals surface area contributed by atoms with E-state index in [0.29, 0.717) is 11.5 Å². The zero-order valence-corrected chi connectivity index (χ0v) is 17.3. The Morgan fingerprint density at radius 2 is 1.45 bits per heavy atom. The minimum Gasteiger partial charge on any atom is -0.496 e. The lowest BCUT2D eigenvalue weighted by atomic mass is 10.1. The molecule has 6 heteroatoms. The third-order valence-corrected chi connectivity index (χ3v) is 4.85. The summed E-state index contributed by atoms with van der Waals surface area (Å²) in [6, 6.07) is 24.8. The van der Waals surface area contributed by atoms with Crippen LogP contribution < -0.4 is 9.47 Å². The SMILES string of the molecule is COc1cccc(OC)c1C(=O)OCc1cn(-c2ccccc2)nc1-c1ccccc1. The summed E-state index contributed by atoms with van der Waals surface area (Å²) >= 11 is 0. The number of hydrogen-bond donors (Lipinski definition) is 0. The Bertz CT molecular complexity index is 1150. The van der Waals surface area contributed by atoms with Crippen molar-refractivity contribution in [2.24, 2.45) is 0 Å². The van der Waals surface area contributed by atoms with Gasteiger partial charge in [0.1, 0.15) is 23.7 Å². The van der Waals surface area contributed by atoms with E-state index in [2.05, 4.69) is 0 Å². The van der Waals surface area contributed by atoms with Crippen LogP contribution in [-0.4, -0.2) is 30.0 Å². The molecule has 0 saturated heterocycles. The van der Waals surface area contributed by atoms with E-state index in [1.54, 1.807) is 22.9 Å². The molecule has 1 heterocycles. The Morgan fingerprint density at radius 1 is 0.839 bits per heavy atom. The molecule has 0 aliphatic heterocycles. The van der Waals surface area contributed by atoms with Crippen LogP contribution in [0.3, 0.4) is 0 Å². The second-order valence-corrected chi connectivity index (χ2v) is 6.76. The van der Waals surface area contributed by atoms with Crippen LogP contribution in [0.5, 0.6) is 11.5 Å². The summed E-state index contributed by atoms with van der Waals surface area (Å²) in [5.41, 5.74) is 3.66.